The first-order valence-electron chi connectivity index (χ1n) is 9.46. The van der Waals surface area contributed by atoms with E-state index >= 15 is 0 Å². The molecule has 1 heterocycles. The molecule has 0 atom stereocenters. The Morgan fingerprint density at radius 2 is 1.68 bits per heavy atom. The van der Waals surface area contributed by atoms with Gasteiger partial charge in [-0.15, -0.1) is 0 Å². The highest BCUT2D eigenvalue weighted by atomic mass is 35.5. The van der Waals surface area contributed by atoms with Gasteiger partial charge in [0.15, 0.2) is 0 Å². The Hall–Kier alpha value is -3.10. The zero-order valence-corrected chi connectivity index (χ0v) is 19.2. The molecule has 0 bridgehead atoms. The molecule has 2 N–H and O–H groups in total. The topological polar surface area (TPSA) is 93.1 Å². The van der Waals surface area contributed by atoms with Crippen molar-refractivity contribution in [2.45, 2.75) is 25.7 Å². The Bertz CT molecular complexity index is 1240. The molecule has 0 saturated carbocycles. The number of hydrogen-bond donors (Lipinski definition) is 2. The second kappa shape index (κ2) is 8.95. The van der Waals surface area contributed by atoms with E-state index < -0.39 is 10.0 Å². The number of carbonyl (C=O) groups excluding carboxylic acids is 1. The molecule has 0 aliphatic rings. The van der Waals surface area contributed by atoms with Crippen LogP contribution in [0.3, 0.4) is 0 Å². The van der Waals surface area contributed by atoms with Gasteiger partial charge < -0.3 is 5.32 Å². The molecule has 0 aliphatic heterocycles. The van der Waals surface area contributed by atoms with Crippen LogP contribution in [0.2, 0.25) is 5.15 Å². The molecule has 2 aromatic carbocycles. The van der Waals surface area contributed by atoms with E-state index in [0.717, 1.165) is 11.1 Å². The van der Waals surface area contributed by atoms with Crippen molar-refractivity contribution in [2.24, 2.45) is 7.05 Å². The molecule has 3 aromatic rings. The number of amides is 1. The Morgan fingerprint density at radius 1 is 1.06 bits per heavy atom. The molecule has 7 nitrogen and oxygen atoms in total. The molecule has 0 aliphatic carbocycles. The van der Waals surface area contributed by atoms with Crippen molar-refractivity contribution in [3.05, 3.63) is 76.1 Å². The van der Waals surface area contributed by atoms with Crippen LogP contribution in [-0.2, 0) is 21.9 Å². The third kappa shape index (κ3) is 5.15. The number of para-hydroxylation sites is 1. The molecular formula is C22H23ClN4O3S. The summed E-state index contributed by atoms with van der Waals surface area (Å²) in [7, 11) is -2.04. The molecule has 0 unspecified atom stereocenters. The van der Waals surface area contributed by atoms with Crippen molar-refractivity contribution < 1.29 is 13.2 Å². The summed E-state index contributed by atoms with van der Waals surface area (Å²) in [5.74, 6) is -0.372. The first-order valence-corrected chi connectivity index (χ1v) is 11.3. The van der Waals surface area contributed by atoms with Crippen LogP contribution in [0.25, 0.3) is 6.08 Å². The maximum absolute atomic E-state index is 12.7. The lowest BCUT2D eigenvalue weighted by Gasteiger charge is -2.13. The molecular weight excluding hydrogens is 436 g/mol. The van der Waals surface area contributed by atoms with Crippen molar-refractivity contribution in [1.82, 2.24) is 9.78 Å². The minimum Gasteiger partial charge on any atom is -0.323 e. The summed E-state index contributed by atoms with van der Waals surface area (Å²) in [5.41, 5.74) is 4.08. The van der Waals surface area contributed by atoms with Gasteiger partial charge in [0.2, 0.25) is 5.91 Å². The number of halogens is 1. The van der Waals surface area contributed by atoms with Gasteiger partial charge in [-0.2, -0.15) is 5.10 Å². The van der Waals surface area contributed by atoms with E-state index in [1.54, 1.807) is 20.0 Å². The summed E-state index contributed by atoms with van der Waals surface area (Å²) in [6, 6.07) is 11.5. The Balaban J connectivity index is 1.71. The fraction of sp³-hybridized carbons (Fsp3) is 0.182. The van der Waals surface area contributed by atoms with Crippen molar-refractivity contribution in [3.8, 4) is 0 Å². The minimum atomic E-state index is -3.76. The molecule has 0 fully saturated rings. The molecule has 9 heteroatoms. The van der Waals surface area contributed by atoms with Crippen LogP contribution in [0.15, 0.2) is 53.4 Å². The molecule has 1 aromatic heterocycles. The molecule has 31 heavy (non-hydrogen) atoms. The normalized spacial score (nSPS) is 11.6. The first kappa shape index (κ1) is 22.6. The summed E-state index contributed by atoms with van der Waals surface area (Å²) >= 11 is 6.15. The predicted octanol–water partition coefficient (Wildman–Crippen LogP) is 4.45. The Labute approximate surface area is 186 Å². The van der Waals surface area contributed by atoms with Crippen LogP contribution >= 0.6 is 11.6 Å². The summed E-state index contributed by atoms with van der Waals surface area (Å²) < 4.78 is 29.6. The van der Waals surface area contributed by atoms with Gasteiger partial charge in [0.05, 0.1) is 16.3 Å². The number of nitrogens with one attached hydrogen (secondary N) is 2. The van der Waals surface area contributed by atoms with E-state index in [0.29, 0.717) is 27.8 Å². The van der Waals surface area contributed by atoms with Crippen LogP contribution in [0.1, 0.15) is 22.4 Å². The zero-order valence-electron chi connectivity index (χ0n) is 17.6. The summed E-state index contributed by atoms with van der Waals surface area (Å²) in [5, 5.41) is 7.32. The maximum atomic E-state index is 12.7. The lowest BCUT2D eigenvalue weighted by atomic mass is 10.1. The van der Waals surface area contributed by atoms with E-state index in [-0.39, 0.29) is 10.8 Å². The van der Waals surface area contributed by atoms with Crippen LogP contribution < -0.4 is 10.0 Å². The van der Waals surface area contributed by atoms with Crippen molar-refractivity contribution >= 4 is 45.0 Å². The van der Waals surface area contributed by atoms with Gasteiger partial charge in [0, 0.05) is 24.4 Å². The van der Waals surface area contributed by atoms with Crippen molar-refractivity contribution in [1.29, 1.82) is 0 Å². The second-order valence-corrected chi connectivity index (χ2v) is 9.17. The van der Waals surface area contributed by atoms with E-state index in [9.17, 15) is 13.2 Å². The lowest BCUT2D eigenvalue weighted by Crippen LogP contribution is -2.15. The highest BCUT2D eigenvalue weighted by Gasteiger charge is 2.16. The average Bonchev–Trinajstić information content (AvgIpc) is 2.95. The molecule has 162 valence electrons. The van der Waals surface area contributed by atoms with Gasteiger partial charge in [0.1, 0.15) is 5.15 Å². The summed E-state index contributed by atoms with van der Waals surface area (Å²) in [6.07, 6.45) is 2.94. The number of rotatable bonds is 6. The number of aryl methyl sites for hydroxylation is 4. The standard InChI is InChI=1S/C22H23ClN4O3S/c1-14-6-5-7-15(2)21(14)26-31(29,30)18-10-8-17(9-11-18)24-20(28)13-12-19-16(3)25-27(4)22(19)23/h5-13,26H,1-4H3,(H,24,28)/b13-12+. The largest absolute Gasteiger partial charge is 0.323 e. The third-order valence-electron chi connectivity index (χ3n) is 4.75. The number of nitrogens with zero attached hydrogens (tertiary/aromatic N) is 2. The van der Waals surface area contributed by atoms with Gasteiger partial charge in [-0.1, -0.05) is 29.8 Å². The van der Waals surface area contributed by atoms with E-state index in [1.807, 2.05) is 32.0 Å². The highest BCUT2D eigenvalue weighted by molar-refractivity contribution is 7.92. The third-order valence-corrected chi connectivity index (χ3v) is 6.56. The smallest absolute Gasteiger partial charge is 0.261 e. The van der Waals surface area contributed by atoms with Gasteiger partial charge in [-0.25, -0.2) is 8.42 Å². The fourth-order valence-corrected chi connectivity index (χ4v) is 4.51. The predicted molar refractivity (Wildman–Crippen MR) is 124 cm³/mol. The Kier molecular flexibility index (Phi) is 6.52. The van der Waals surface area contributed by atoms with Crippen LogP contribution in [-0.4, -0.2) is 24.1 Å². The summed E-state index contributed by atoms with van der Waals surface area (Å²) in [6.45, 7) is 5.49. The van der Waals surface area contributed by atoms with Crippen LogP contribution in [0.5, 0.6) is 0 Å². The number of benzene rings is 2. The molecule has 3 rings (SSSR count). The minimum absolute atomic E-state index is 0.0986. The highest BCUT2D eigenvalue weighted by Crippen LogP contribution is 2.24. The second-order valence-electron chi connectivity index (χ2n) is 7.13. The van der Waals surface area contributed by atoms with Gasteiger partial charge in [-0.3, -0.25) is 14.2 Å². The van der Waals surface area contributed by atoms with E-state index in [1.165, 1.54) is 35.0 Å². The average molecular weight is 459 g/mol. The maximum Gasteiger partial charge on any atom is 0.261 e. The van der Waals surface area contributed by atoms with Crippen LogP contribution in [0, 0.1) is 20.8 Å². The number of sulfonamides is 1. The molecule has 0 radical (unpaired) electrons. The number of aromatic nitrogens is 2. The fourth-order valence-electron chi connectivity index (χ4n) is 3.06. The van der Waals surface area contributed by atoms with Crippen molar-refractivity contribution in [3.63, 3.8) is 0 Å². The number of carbonyl (C=O) groups is 1. The van der Waals surface area contributed by atoms with Crippen molar-refractivity contribution in [2.75, 3.05) is 10.0 Å². The molecule has 0 saturated heterocycles. The molecule has 0 spiro atoms. The monoisotopic (exact) mass is 458 g/mol. The Morgan fingerprint density at radius 3 is 2.23 bits per heavy atom. The lowest BCUT2D eigenvalue weighted by molar-refractivity contribution is -0.111. The molecule has 1 amide bonds. The van der Waals surface area contributed by atoms with Gasteiger partial charge in [-0.05, 0) is 62.2 Å². The SMILES string of the molecule is Cc1cccc(C)c1NS(=O)(=O)c1ccc(NC(=O)/C=C/c2c(C)nn(C)c2Cl)cc1. The van der Waals surface area contributed by atoms with Crippen LogP contribution in [0.4, 0.5) is 11.4 Å². The van der Waals surface area contributed by atoms with E-state index in [4.69, 9.17) is 11.6 Å². The number of hydrogen-bond acceptors (Lipinski definition) is 4. The zero-order chi connectivity index (χ0) is 22.8. The first-order chi connectivity index (χ1) is 14.6. The van der Waals surface area contributed by atoms with Gasteiger partial charge in [0.25, 0.3) is 10.0 Å². The quantitative estimate of drug-likeness (QED) is 0.533. The van der Waals surface area contributed by atoms with Gasteiger partial charge >= 0.3 is 0 Å². The number of anilines is 2. The van der Waals surface area contributed by atoms with E-state index in [2.05, 4.69) is 15.1 Å². The summed E-state index contributed by atoms with van der Waals surface area (Å²) in [4.78, 5) is 12.3.